The fourth-order valence-electron chi connectivity index (χ4n) is 4.38. The highest BCUT2D eigenvalue weighted by molar-refractivity contribution is 5.95. The number of esters is 1. The highest BCUT2D eigenvalue weighted by Crippen LogP contribution is 2.53. The van der Waals surface area contributed by atoms with Gasteiger partial charge in [0.1, 0.15) is 11.8 Å². The van der Waals surface area contributed by atoms with Crippen molar-refractivity contribution in [2.24, 2.45) is 18.4 Å². The van der Waals surface area contributed by atoms with Crippen LogP contribution in [0.5, 0.6) is 0 Å². The Balaban J connectivity index is 1.58. The number of nitrogens with zero attached hydrogens (tertiary/aromatic N) is 1. The molecule has 2 heterocycles. The number of aromatic nitrogens is 1. The van der Waals surface area contributed by atoms with Crippen molar-refractivity contribution in [3.8, 4) is 0 Å². The number of carbonyl (C=O) groups excluding carboxylic acids is 1. The lowest BCUT2D eigenvalue weighted by Gasteiger charge is -2.58. The first-order valence-electron chi connectivity index (χ1n) is 8.37. The second kappa shape index (κ2) is 5.10. The van der Waals surface area contributed by atoms with Crippen LogP contribution in [0.2, 0.25) is 0 Å². The lowest BCUT2D eigenvalue weighted by Crippen LogP contribution is -2.65. The van der Waals surface area contributed by atoms with E-state index in [1.165, 1.54) is 0 Å². The molecule has 1 aliphatic heterocycles. The van der Waals surface area contributed by atoms with Gasteiger partial charge in [-0.25, -0.2) is 4.79 Å². The summed E-state index contributed by atoms with van der Waals surface area (Å²) < 4.78 is 13.7. The summed E-state index contributed by atoms with van der Waals surface area (Å²) in [6.45, 7) is 5.10. The summed E-state index contributed by atoms with van der Waals surface area (Å²) in [5, 5.41) is 1.06. The first-order chi connectivity index (χ1) is 11.0. The van der Waals surface area contributed by atoms with Gasteiger partial charge in [-0.15, -0.1) is 0 Å². The van der Waals surface area contributed by atoms with Crippen molar-refractivity contribution < 1.29 is 14.3 Å². The van der Waals surface area contributed by atoms with Gasteiger partial charge in [0.05, 0.1) is 6.10 Å². The maximum atomic E-state index is 12.7. The maximum Gasteiger partial charge on any atom is 0.355 e. The molecule has 122 valence electrons. The average Bonchev–Trinajstić information content (AvgIpc) is 2.90. The Labute approximate surface area is 136 Å². The zero-order valence-electron chi connectivity index (χ0n) is 13.9. The number of para-hydroxylation sites is 1. The minimum atomic E-state index is -0.231. The zero-order valence-corrected chi connectivity index (χ0v) is 13.9. The standard InChI is InChI=1S/C19H23NO3/c1-19(2)16-13(8-6-10-22-16)17(19)23-18(21)15-11-12-7-4-5-9-14(12)20(15)3/h4-5,7,9,11,13,16-17H,6,8,10H2,1-3H3. The quantitative estimate of drug-likeness (QED) is 0.796. The molecule has 3 atom stereocenters. The van der Waals surface area contributed by atoms with Crippen LogP contribution in [0.15, 0.2) is 30.3 Å². The highest BCUT2D eigenvalue weighted by atomic mass is 16.6. The van der Waals surface area contributed by atoms with Gasteiger partial charge in [-0.2, -0.15) is 0 Å². The van der Waals surface area contributed by atoms with E-state index in [1.807, 2.05) is 41.9 Å². The van der Waals surface area contributed by atoms with Crippen LogP contribution in [0.25, 0.3) is 10.9 Å². The van der Waals surface area contributed by atoms with Crippen LogP contribution in [-0.2, 0) is 16.5 Å². The summed E-state index contributed by atoms with van der Waals surface area (Å²) in [5.41, 5.74) is 1.55. The molecule has 1 aromatic carbocycles. The third-order valence-corrected chi connectivity index (χ3v) is 5.62. The molecule has 4 heteroatoms. The molecule has 0 amide bonds. The Bertz CT molecular complexity index is 761. The van der Waals surface area contributed by atoms with Crippen LogP contribution in [0, 0.1) is 11.3 Å². The predicted molar refractivity (Wildman–Crippen MR) is 88.4 cm³/mol. The third kappa shape index (κ3) is 2.12. The van der Waals surface area contributed by atoms with Crippen molar-refractivity contribution in [3.63, 3.8) is 0 Å². The average molecular weight is 313 g/mol. The summed E-state index contributed by atoms with van der Waals surface area (Å²) in [7, 11) is 1.91. The number of aryl methyl sites for hydroxylation is 1. The first-order valence-corrected chi connectivity index (χ1v) is 8.37. The third-order valence-electron chi connectivity index (χ3n) is 5.62. The molecule has 1 saturated heterocycles. The van der Waals surface area contributed by atoms with E-state index < -0.39 is 0 Å². The Kier molecular flexibility index (Phi) is 3.27. The van der Waals surface area contributed by atoms with Gasteiger partial charge in [0.2, 0.25) is 0 Å². The fourth-order valence-corrected chi connectivity index (χ4v) is 4.38. The Hall–Kier alpha value is -1.81. The molecule has 23 heavy (non-hydrogen) atoms. The molecule has 1 aromatic heterocycles. The first kappa shape index (κ1) is 14.8. The molecule has 2 aliphatic rings. The highest BCUT2D eigenvalue weighted by Gasteiger charge is 2.60. The Morgan fingerprint density at radius 3 is 2.91 bits per heavy atom. The second-order valence-corrected chi connectivity index (χ2v) is 7.39. The SMILES string of the molecule is Cn1c(C(=O)OC2C3CCCOC3C2(C)C)cc2ccccc21. The smallest absolute Gasteiger partial charge is 0.355 e. The van der Waals surface area contributed by atoms with Gasteiger partial charge in [-0.3, -0.25) is 0 Å². The van der Waals surface area contributed by atoms with Crippen molar-refractivity contribution in [3.05, 3.63) is 36.0 Å². The number of hydrogen-bond donors (Lipinski definition) is 0. The van der Waals surface area contributed by atoms with Crippen molar-refractivity contribution in [1.29, 1.82) is 0 Å². The minimum absolute atomic E-state index is 0.0571. The summed E-state index contributed by atoms with van der Waals surface area (Å²) >= 11 is 0. The maximum absolute atomic E-state index is 12.7. The van der Waals surface area contributed by atoms with Gasteiger partial charge < -0.3 is 14.0 Å². The number of rotatable bonds is 2. The van der Waals surface area contributed by atoms with Gasteiger partial charge >= 0.3 is 5.97 Å². The summed E-state index contributed by atoms with van der Waals surface area (Å²) in [4.78, 5) is 12.7. The molecule has 4 nitrogen and oxygen atoms in total. The van der Waals surface area contributed by atoms with E-state index in [2.05, 4.69) is 13.8 Å². The monoisotopic (exact) mass is 313 g/mol. The lowest BCUT2D eigenvalue weighted by molar-refractivity contribution is -0.243. The van der Waals surface area contributed by atoms with Gasteiger partial charge in [0.15, 0.2) is 0 Å². The Morgan fingerprint density at radius 1 is 1.35 bits per heavy atom. The lowest BCUT2D eigenvalue weighted by atomic mass is 9.57. The second-order valence-electron chi connectivity index (χ2n) is 7.39. The topological polar surface area (TPSA) is 40.5 Å². The molecule has 1 aliphatic carbocycles. The van der Waals surface area contributed by atoms with Crippen LogP contribution in [-0.4, -0.2) is 29.4 Å². The van der Waals surface area contributed by atoms with Crippen LogP contribution < -0.4 is 0 Å². The molecule has 2 aromatic rings. The van der Waals surface area contributed by atoms with Gasteiger partial charge in [0, 0.05) is 35.9 Å². The van der Waals surface area contributed by atoms with E-state index in [0.29, 0.717) is 11.6 Å². The Morgan fingerprint density at radius 2 is 2.13 bits per heavy atom. The zero-order chi connectivity index (χ0) is 16.2. The molecule has 0 radical (unpaired) electrons. The number of hydrogen-bond acceptors (Lipinski definition) is 3. The molecular formula is C19H23NO3. The number of benzene rings is 1. The van der Waals surface area contributed by atoms with E-state index in [1.54, 1.807) is 0 Å². The predicted octanol–water partition coefficient (Wildman–Crippen LogP) is 3.54. The van der Waals surface area contributed by atoms with Crippen LogP contribution in [0.4, 0.5) is 0 Å². The number of carbonyl (C=O) groups is 1. The van der Waals surface area contributed by atoms with Crippen LogP contribution in [0.1, 0.15) is 37.2 Å². The van der Waals surface area contributed by atoms with Crippen molar-refractivity contribution in [2.45, 2.75) is 38.9 Å². The number of ether oxygens (including phenoxy) is 2. The molecule has 4 rings (SSSR count). The molecule has 0 spiro atoms. The summed E-state index contributed by atoms with van der Waals surface area (Å²) in [5.74, 6) is 0.114. The largest absolute Gasteiger partial charge is 0.457 e. The van der Waals surface area contributed by atoms with E-state index in [-0.39, 0.29) is 23.6 Å². The molecule has 0 bridgehead atoms. The van der Waals surface area contributed by atoms with E-state index >= 15 is 0 Å². The molecule has 1 saturated carbocycles. The normalized spacial score (nSPS) is 28.9. The van der Waals surface area contributed by atoms with Gasteiger partial charge in [0.25, 0.3) is 0 Å². The van der Waals surface area contributed by atoms with Crippen LogP contribution in [0.3, 0.4) is 0 Å². The van der Waals surface area contributed by atoms with E-state index in [9.17, 15) is 4.79 Å². The van der Waals surface area contributed by atoms with E-state index in [4.69, 9.17) is 9.47 Å². The van der Waals surface area contributed by atoms with Gasteiger partial charge in [-0.1, -0.05) is 32.0 Å². The number of fused-ring (bicyclic) bond motifs is 2. The molecule has 3 unspecified atom stereocenters. The van der Waals surface area contributed by atoms with Crippen molar-refractivity contribution >= 4 is 16.9 Å². The molecular weight excluding hydrogens is 290 g/mol. The van der Waals surface area contributed by atoms with Crippen molar-refractivity contribution in [2.75, 3.05) is 6.61 Å². The van der Waals surface area contributed by atoms with Crippen LogP contribution >= 0.6 is 0 Å². The fraction of sp³-hybridized carbons (Fsp3) is 0.526. The summed E-state index contributed by atoms with van der Waals surface area (Å²) in [6.07, 6.45) is 2.31. The van der Waals surface area contributed by atoms with Crippen molar-refractivity contribution in [1.82, 2.24) is 4.57 Å². The minimum Gasteiger partial charge on any atom is -0.457 e. The molecule has 2 fully saturated rings. The summed E-state index contributed by atoms with van der Waals surface area (Å²) in [6, 6.07) is 9.92. The molecule has 0 N–H and O–H groups in total. The van der Waals surface area contributed by atoms with Gasteiger partial charge in [-0.05, 0) is 25.0 Å². The van der Waals surface area contributed by atoms with E-state index in [0.717, 1.165) is 30.4 Å².